The zero-order chi connectivity index (χ0) is 19.2. The number of para-hydroxylation sites is 1. The number of carbonyl (C=O) groups excluding carboxylic acids is 1. The van der Waals surface area contributed by atoms with E-state index in [-0.39, 0.29) is 18.1 Å². The maximum atomic E-state index is 12.2. The van der Waals surface area contributed by atoms with Crippen molar-refractivity contribution in [3.05, 3.63) is 48.2 Å². The topological polar surface area (TPSA) is 70.6 Å². The van der Waals surface area contributed by atoms with Gasteiger partial charge in [0, 0.05) is 38.9 Å². The first kappa shape index (κ1) is 19.3. The summed E-state index contributed by atoms with van der Waals surface area (Å²) < 4.78 is 5.77. The van der Waals surface area contributed by atoms with Gasteiger partial charge in [-0.25, -0.2) is 0 Å². The van der Waals surface area contributed by atoms with E-state index in [1.807, 2.05) is 43.4 Å². The second kappa shape index (κ2) is 8.92. The summed E-state index contributed by atoms with van der Waals surface area (Å²) in [5, 5.41) is 11.1. The van der Waals surface area contributed by atoms with Crippen LogP contribution in [0.2, 0.25) is 0 Å². The van der Waals surface area contributed by atoms with Gasteiger partial charge in [-0.15, -0.1) is 10.2 Å². The monoisotopic (exact) mass is 369 g/mol. The van der Waals surface area contributed by atoms with E-state index >= 15 is 0 Å². The molecule has 0 bridgehead atoms. The Hall–Kier alpha value is -2.51. The molecule has 7 nitrogen and oxygen atoms in total. The summed E-state index contributed by atoms with van der Waals surface area (Å²) in [5.74, 6) is 0.486. The third-order valence-corrected chi connectivity index (χ3v) is 4.55. The van der Waals surface area contributed by atoms with Gasteiger partial charge < -0.3 is 15.0 Å². The third-order valence-electron chi connectivity index (χ3n) is 4.55. The molecule has 1 fully saturated rings. The van der Waals surface area contributed by atoms with E-state index in [0.717, 1.165) is 37.7 Å². The second-order valence-corrected chi connectivity index (χ2v) is 7.04. The molecule has 0 saturated carbocycles. The number of ether oxygens (including phenoxy) is 1. The predicted octanol–water partition coefficient (Wildman–Crippen LogP) is 2.27. The molecule has 27 heavy (non-hydrogen) atoms. The number of carbonyl (C=O) groups is 1. The largest absolute Gasteiger partial charge is 0.373 e. The highest BCUT2D eigenvalue weighted by molar-refractivity contribution is 6.02. The number of anilines is 2. The Labute approximate surface area is 160 Å². The lowest BCUT2D eigenvalue weighted by Crippen LogP contribution is -2.47. The Morgan fingerprint density at radius 1 is 1.15 bits per heavy atom. The summed E-state index contributed by atoms with van der Waals surface area (Å²) >= 11 is 0. The zero-order valence-corrected chi connectivity index (χ0v) is 16.1. The van der Waals surface area contributed by atoms with Crippen molar-refractivity contribution in [1.29, 1.82) is 0 Å². The van der Waals surface area contributed by atoms with Crippen LogP contribution in [0.1, 0.15) is 24.3 Å². The molecular weight excluding hydrogens is 342 g/mol. The molecule has 1 aliphatic rings. The van der Waals surface area contributed by atoms with Crippen LogP contribution in [-0.2, 0) is 4.74 Å². The van der Waals surface area contributed by atoms with E-state index in [9.17, 15) is 4.79 Å². The number of nitrogens with one attached hydrogen (secondary N) is 1. The van der Waals surface area contributed by atoms with E-state index < -0.39 is 0 Å². The lowest BCUT2D eigenvalue weighted by molar-refractivity contribution is -0.0670. The Bertz CT molecular complexity index is 728. The number of likely N-dealkylation sites (N-methyl/N-ethyl adjacent to an activating group) is 1. The molecule has 0 radical (unpaired) electrons. The SMILES string of the molecule is C[C@@H]1CN(CCN(C)c2ccc(C(=O)Nc3ccccc3)nn2)C[C@H](C)O1. The lowest BCUT2D eigenvalue weighted by Gasteiger charge is -2.36. The van der Waals surface area contributed by atoms with Gasteiger partial charge in [0.05, 0.1) is 12.2 Å². The normalized spacial score (nSPS) is 20.3. The molecule has 2 aromatic rings. The number of hydrogen-bond acceptors (Lipinski definition) is 6. The summed E-state index contributed by atoms with van der Waals surface area (Å²) in [6.07, 6.45) is 0.530. The van der Waals surface area contributed by atoms with Crippen LogP contribution in [0.15, 0.2) is 42.5 Å². The van der Waals surface area contributed by atoms with Crippen LogP contribution in [-0.4, -0.2) is 66.4 Å². The molecule has 2 heterocycles. The lowest BCUT2D eigenvalue weighted by atomic mass is 10.2. The van der Waals surface area contributed by atoms with E-state index in [4.69, 9.17) is 4.74 Å². The fraction of sp³-hybridized carbons (Fsp3) is 0.450. The molecule has 1 aromatic carbocycles. The van der Waals surface area contributed by atoms with Crippen LogP contribution in [0.25, 0.3) is 0 Å². The fourth-order valence-electron chi connectivity index (χ4n) is 3.24. The molecule has 1 N–H and O–H groups in total. The average Bonchev–Trinajstić information content (AvgIpc) is 2.66. The van der Waals surface area contributed by atoms with Crippen LogP contribution in [0.5, 0.6) is 0 Å². The first-order valence-electron chi connectivity index (χ1n) is 9.30. The van der Waals surface area contributed by atoms with E-state index in [0.29, 0.717) is 5.69 Å². The molecule has 7 heteroatoms. The van der Waals surface area contributed by atoms with Crippen molar-refractivity contribution in [3.63, 3.8) is 0 Å². The van der Waals surface area contributed by atoms with Gasteiger partial charge in [0.2, 0.25) is 0 Å². The van der Waals surface area contributed by atoms with Crippen molar-refractivity contribution in [3.8, 4) is 0 Å². The number of amides is 1. The molecule has 2 atom stereocenters. The summed E-state index contributed by atoms with van der Waals surface area (Å²) in [6.45, 7) is 7.88. The van der Waals surface area contributed by atoms with Crippen LogP contribution in [0, 0.1) is 0 Å². The van der Waals surface area contributed by atoms with Gasteiger partial charge in [0.1, 0.15) is 0 Å². The minimum absolute atomic E-state index is 0.265. The highest BCUT2D eigenvalue weighted by Crippen LogP contribution is 2.13. The first-order chi connectivity index (χ1) is 13.0. The summed E-state index contributed by atoms with van der Waals surface area (Å²) in [5.41, 5.74) is 1.03. The first-order valence-corrected chi connectivity index (χ1v) is 9.30. The van der Waals surface area contributed by atoms with Crippen LogP contribution < -0.4 is 10.2 Å². The summed E-state index contributed by atoms with van der Waals surface area (Å²) in [7, 11) is 1.99. The maximum absolute atomic E-state index is 12.2. The van der Waals surface area contributed by atoms with Gasteiger partial charge in [0.25, 0.3) is 5.91 Å². The fourth-order valence-corrected chi connectivity index (χ4v) is 3.24. The zero-order valence-electron chi connectivity index (χ0n) is 16.1. The highest BCUT2D eigenvalue weighted by Gasteiger charge is 2.22. The Balaban J connectivity index is 1.52. The molecular formula is C20H27N5O2. The minimum Gasteiger partial charge on any atom is -0.373 e. The molecule has 1 saturated heterocycles. The molecule has 144 valence electrons. The van der Waals surface area contributed by atoms with Crippen LogP contribution in [0.3, 0.4) is 0 Å². The maximum Gasteiger partial charge on any atom is 0.276 e. The molecule has 0 unspecified atom stereocenters. The van der Waals surface area contributed by atoms with Crippen LogP contribution >= 0.6 is 0 Å². The van der Waals surface area contributed by atoms with Crippen molar-refractivity contribution in [1.82, 2.24) is 15.1 Å². The number of aromatic nitrogens is 2. The van der Waals surface area contributed by atoms with Crippen molar-refractivity contribution in [2.24, 2.45) is 0 Å². The van der Waals surface area contributed by atoms with E-state index in [2.05, 4.69) is 39.2 Å². The number of nitrogens with zero attached hydrogens (tertiary/aromatic N) is 4. The number of rotatable bonds is 6. The van der Waals surface area contributed by atoms with Crippen molar-refractivity contribution in [2.75, 3.05) is 43.4 Å². The molecule has 3 rings (SSSR count). The minimum atomic E-state index is -0.265. The molecule has 0 spiro atoms. The van der Waals surface area contributed by atoms with Gasteiger partial charge in [-0.2, -0.15) is 0 Å². The second-order valence-electron chi connectivity index (χ2n) is 7.04. The predicted molar refractivity (Wildman–Crippen MR) is 106 cm³/mol. The standard InChI is InChI=1S/C20H27N5O2/c1-15-13-25(14-16(2)27-15)12-11-24(3)19-10-9-18(22-23-19)20(26)21-17-7-5-4-6-8-17/h4-10,15-16H,11-14H2,1-3H3,(H,21,26)/t15-,16+. The van der Waals surface area contributed by atoms with Crippen molar-refractivity contribution >= 4 is 17.4 Å². The Kier molecular flexibility index (Phi) is 6.36. The van der Waals surface area contributed by atoms with Gasteiger partial charge >= 0.3 is 0 Å². The number of morpholine rings is 1. The van der Waals surface area contributed by atoms with Crippen LogP contribution in [0.4, 0.5) is 11.5 Å². The summed E-state index contributed by atoms with van der Waals surface area (Å²) in [4.78, 5) is 16.7. The van der Waals surface area contributed by atoms with Gasteiger partial charge in [-0.1, -0.05) is 18.2 Å². The number of benzene rings is 1. The quantitative estimate of drug-likeness (QED) is 0.842. The van der Waals surface area contributed by atoms with Gasteiger partial charge in [0.15, 0.2) is 11.5 Å². The average molecular weight is 369 g/mol. The molecule has 1 amide bonds. The molecule has 0 aliphatic carbocycles. The third kappa shape index (κ3) is 5.48. The van der Waals surface area contributed by atoms with E-state index in [1.54, 1.807) is 6.07 Å². The molecule has 1 aliphatic heterocycles. The highest BCUT2D eigenvalue weighted by atomic mass is 16.5. The van der Waals surface area contributed by atoms with Crippen molar-refractivity contribution in [2.45, 2.75) is 26.1 Å². The molecule has 1 aromatic heterocycles. The van der Waals surface area contributed by atoms with E-state index in [1.165, 1.54) is 0 Å². The van der Waals surface area contributed by atoms with Gasteiger partial charge in [-0.3, -0.25) is 9.69 Å². The number of hydrogen-bond donors (Lipinski definition) is 1. The Morgan fingerprint density at radius 3 is 2.48 bits per heavy atom. The Morgan fingerprint density at radius 2 is 1.85 bits per heavy atom. The van der Waals surface area contributed by atoms with Gasteiger partial charge in [-0.05, 0) is 38.1 Å². The van der Waals surface area contributed by atoms with Crippen molar-refractivity contribution < 1.29 is 9.53 Å². The summed E-state index contributed by atoms with van der Waals surface area (Å²) in [6, 6.07) is 12.8. The smallest absolute Gasteiger partial charge is 0.276 e.